The molecule has 1 saturated heterocycles. The van der Waals surface area contributed by atoms with Gasteiger partial charge in [0.15, 0.2) is 0 Å². The van der Waals surface area contributed by atoms with Gasteiger partial charge in [-0.05, 0) is 44.0 Å². The molecule has 1 aliphatic rings. The van der Waals surface area contributed by atoms with Gasteiger partial charge in [-0.2, -0.15) is 0 Å². The summed E-state index contributed by atoms with van der Waals surface area (Å²) in [6, 6.07) is 7.49. The average Bonchev–Trinajstić information content (AvgIpc) is 2.50. The van der Waals surface area contributed by atoms with Gasteiger partial charge in [-0.1, -0.05) is 23.7 Å². The van der Waals surface area contributed by atoms with Crippen molar-refractivity contribution in [2.24, 2.45) is 0 Å². The molecule has 0 aromatic heterocycles. The van der Waals surface area contributed by atoms with E-state index in [1.807, 2.05) is 31.2 Å². The Hall–Kier alpha value is -1.59. The predicted octanol–water partition coefficient (Wildman–Crippen LogP) is 2.37. The first-order valence-corrected chi connectivity index (χ1v) is 8.18. The van der Waals surface area contributed by atoms with E-state index in [-0.39, 0.29) is 11.9 Å². The van der Waals surface area contributed by atoms with Crippen LogP contribution in [0.5, 0.6) is 0 Å². The lowest BCUT2D eigenvalue weighted by atomic mass is 9.88. The van der Waals surface area contributed by atoms with Crippen molar-refractivity contribution in [3.8, 4) is 0 Å². The topological polar surface area (TPSA) is 58.6 Å². The fourth-order valence-electron chi connectivity index (χ4n) is 2.66. The van der Waals surface area contributed by atoms with E-state index in [1.165, 1.54) is 7.11 Å². The summed E-state index contributed by atoms with van der Waals surface area (Å²) < 4.78 is 4.65. The summed E-state index contributed by atoms with van der Waals surface area (Å²) in [5.41, 5.74) is 0.482. The third kappa shape index (κ3) is 4.69. The minimum Gasteiger partial charge on any atom is -0.469 e. The lowest BCUT2D eigenvalue weighted by Crippen LogP contribution is -2.64. The molecule has 1 aromatic rings. The number of carbonyl (C=O) groups excluding carboxylic acids is 2. The monoisotopic (exact) mass is 338 g/mol. The molecule has 0 unspecified atom stereocenters. The van der Waals surface area contributed by atoms with Crippen LogP contribution in [0.3, 0.4) is 0 Å². The number of amides is 1. The summed E-state index contributed by atoms with van der Waals surface area (Å²) in [5.74, 6) is -0.193. The van der Waals surface area contributed by atoms with Crippen molar-refractivity contribution in [2.75, 3.05) is 20.2 Å². The minimum atomic E-state index is -0.496. The second-order valence-electron chi connectivity index (χ2n) is 6.05. The SMILES string of the molecule is COC(=O)CCCN(Cc1cccc(Cl)c1)C(=O)[C@]1(C)CCN1. The zero-order valence-corrected chi connectivity index (χ0v) is 14.4. The molecule has 2 rings (SSSR count). The van der Waals surface area contributed by atoms with Gasteiger partial charge in [-0.3, -0.25) is 9.59 Å². The third-order valence-corrected chi connectivity index (χ3v) is 4.43. The van der Waals surface area contributed by atoms with Crippen molar-refractivity contribution < 1.29 is 14.3 Å². The van der Waals surface area contributed by atoms with Gasteiger partial charge < -0.3 is 15.0 Å². The molecule has 5 nitrogen and oxygen atoms in total. The van der Waals surface area contributed by atoms with E-state index in [4.69, 9.17) is 11.6 Å². The minimum absolute atomic E-state index is 0.0635. The van der Waals surface area contributed by atoms with Crippen LogP contribution in [-0.2, 0) is 20.9 Å². The molecule has 1 fully saturated rings. The Balaban J connectivity index is 2.04. The lowest BCUT2D eigenvalue weighted by Gasteiger charge is -2.42. The molecule has 1 aromatic carbocycles. The van der Waals surface area contributed by atoms with Crippen LogP contribution in [0.25, 0.3) is 0 Å². The number of hydrogen-bond donors (Lipinski definition) is 1. The zero-order chi connectivity index (χ0) is 16.9. The smallest absolute Gasteiger partial charge is 0.305 e. The van der Waals surface area contributed by atoms with Gasteiger partial charge in [-0.25, -0.2) is 0 Å². The van der Waals surface area contributed by atoms with Gasteiger partial charge in [0.25, 0.3) is 0 Å². The molecule has 0 saturated carbocycles. The highest BCUT2D eigenvalue weighted by Gasteiger charge is 2.41. The van der Waals surface area contributed by atoms with Gasteiger partial charge in [0.05, 0.1) is 12.6 Å². The average molecular weight is 339 g/mol. The number of rotatable bonds is 7. The van der Waals surface area contributed by atoms with E-state index in [0.717, 1.165) is 18.5 Å². The second-order valence-corrected chi connectivity index (χ2v) is 6.48. The van der Waals surface area contributed by atoms with Crippen LogP contribution in [0.2, 0.25) is 5.02 Å². The number of methoxy groups -OCH3 is 1. The normalized spacial score (nSPS) is 19.8. The van der Waals surface area contributed by atoms with E-state index in [1.54, 1.807) is 4.90 Å². The van der Waals surface area contributed by atoms with Crippen molar-refractivity contribution in [3.05, 3.63) is 34.9 Å². The summed E-state index contributed by atoms with van der Waals surface area (Å²) in [5, 5.41) is 3.85. The van der Waals surface area contributed by atoms with E-state index >= 15 is 0 Å². The van der Waals surface area contributed by atoms with Crippen LogP contribution in [0, 0.1) is 0 Å². The maximum atomic E-state index is 12.8. The van der Waals surface area contributed by atoms with E-state index < -0.39 is 5.54 Å². The number of ether oxygens (including phenoxy) is 1. The first kappa shape index (κ1) is 17.8. The molecule has 1 atom stereocenters. The first-order chi connectivity index (χ1) is 10.9. The summed E-state index contributed by atoms with van der Waals surface area (Å²) in [4.78, 5) is 25.9. The molecule has 126 valence electrons. The van der Waals surface area contributed by atoms with Crippen LogP contribution in [-0.4, -0.2) is 42.5 Å². The van der Waals surface area contributed by atoms with Crippen molar-refractivity contribution >= 4 is 23.5 Å². The first-order valence-electron chi connectivity index (χ1n) is 7.80. The summed E-state index contributed by atoms with van der Waals surface area (Å²) in [6.07, 6.45) is 1.71. The third-order valence-electron chi connectivity index (χ3n) is 4.20. The molecule has 1 amide bonds. The number of nitrogens with zero attached hydrogens (tertiary/aromatic N) is 1. The van der Waals surface area contributed by atoms with Gasteiger partial charge in [0.2, 0.25) is 5.91 Å². The Morgan fingerprint density at radius 1 is 1.43 bits per heavy atom. The largest absolute Gasteiger partial charge is 0.469 e. The van der Waals surface area contributed by atoms with E-state index in [9.17, 15) is 9.59 Å². The molecule has 1 N–H and O–H groups in total. The Morgan fingerprint density at radius 3 is 2.74 bits per heavy atom. The van der Waals surface area contributed by atoms with E-state index in [2.05, 4.69) is 10.1 Å². The number of esters is 1. The van der Waals surface area contributed by atoms with Crippen molar-refractivity contribution in [3.63, 3.8) is 0 Å². The van der Waals surface area contributed by atoms with E-state index in [0.29, 0.717) is 31.0 Å². The number of nitrogens with one attached hydrogen (secondary N) is 1. The van der Waals surface area contributed by atoms with Crippen LogP contribution < -0.4 is 5.32 Å². The molecule has 1 heterocycles. The molecule has 1 aliphatic heterocycles. The van der Waals surface area contributed by atoms with Crippen LogP contribution >= 0.6 is 11.6 Å². The van der Waals surface area contributed by atoms with Gasteiger partial charge in [0, 0.05) is 24.5 Å². The van der Waals surface area contributed by atoms with Crippen LogP contribution in [0.1, 0.15) is 31.7 Å². The Labute approximate surface area is 141 Å². The zero-order valence-electron chi connectivity index (χ0n) is 13.6. The second kappa shape index (κ2) is 7.79. The van der Waals surface area contributed by atoms with Crippen molar-refractivity contribution in [2.45, 2.75) is 38.3 Å². The Kier molecular flexibility index (Phi) is 6.02. The maximum Gasteiger partial charge on any atom is 0.305 e. The van der Waals surface area contributed by atoms with Gasteiger partial charge in [0.1, 0.15) is 0 Å². The maximum absolute atomic E-state index is 12.8. The standard InChI is InChI=1S/C17H23ClN2O3/c1-17(8-9-19-17)16(22)20(10-4-7-15(21)23-2)12-13-5-3-6-14(18)11-13/h3,5-6,11,19H,4,7-10,12H2,1-2H3/t17-/m0/s1. The highest BCUT2D eigenvalue weighted by atomic mass is 35.5. The van der Waals surface area contributed by atoms with Crippen molar-refractivity contribution in [1.82, 2.24) is 10.2 Å². The highest BCUT2D eigenvalue weighted by Crippen LogP contribution is 2.23. The summed E-state index contributed by atoms with van der Waals surface area (Å²) in [6.45, 7) is 3.77. The summed E-state index contributed by atoms with van der Waals surface area (Å²) in [7, 11) is 1.37. The molecule has 23 heavy (non-hydrogen) atoms. The van der Waals surface area contributed by atoms with Gasteiger partial charge >= 0.3 is 5.97 Å². The van der Waals surface area contributed by atoms with Crippen LogP contribution in [0.15, 0.2) is 24.3 Å². The molecule has 0 bridgehead atoms. The predicted molar refractivity (Wildman–Crippen MR) is 89.1 cm³/mol. The lowest BCUT2D eigenvalue weighted by molar-refractivity contribution is -0.143. The molecule has 0 radical (unpaired) electrons. The molecular weight excluding hydrogens is 316 g/mol. The quantitative estimate of drug-likeness (QED) is 0.775. The Bertz CT molecular complexity index is 573. The number of carbonyl (C=O) groups is 2. The number of halogens is 1. The van der Waals surface area contributed by atoms with Gasteiger partial charge in [-0.15, -0.1) is 0 Å². The fourth-order valence-corrected chi connectivity index (χ4v) is 2.87. The summed E-state index contributed by atoms with van der Waals surface area (Å²) >= 11 is 6.02. The molecule has 0 aliphatic carbocycles. The van der Waals surface area contributed by atoms with Crippen LogP contribution in [0.4, 0.5) is 0 Å². The highest BCUT2D eigenvalue weighted by molar-refractivity contribution is 6.30. The fraction of sp³-hybridized carbons (Fsp3) is 0.529. The number of benzene rings is 1. The molecule has 0 spiro atoms. The molecule has 6 heteroatoms. The van der Waals surface area contributed by atoms with Crippen molar-refractivity contribution in [1.29, 1.82) is 0 Å². The number of hydrogen-bond acceptors (Lipinski definition) is 4. The Morgan fingerprint density at radius 2 is 2.17 bits per heavy atom. The molecular formula is C17H23ClN2O3.